The molecule has 1 aromatic carbocycles. The molecule has 1 saturated carbocycles. The van der Waals surface area contributed by atoms with Gasteiger partial charge >= 0.3 is 6.18 Å². The van der Waals surface area contributed by atoms with Crippen LogP contribution in [-0.4, -0.2) is 24.9 Å². The van der Waals surface area contributed by atoms with E-state index in [1.54, 1.807) is 0 Å². The fraction of sp³-hybridized carbons (Fsp3) is 0.529. The van der Waals surface area contributed by atoms with Gasteiger partial charge in [-0.3, -0.25) is 9.59 Å². The second kappa shape index (κ2) is 8.17. The van der Waals surface area contributed by atoms with Crippen molar-refractivity contribution in [2.75, 3.05) is 13.1 Å². The van der Waals surface area contributed by atoms with Gasteiger partial charge in [0, 0.05) is 24.6 Å². The van der Waals surface area contributed by atoms with E-state index < -0.39 is 17.6 Å². The van der Waals surface area contributed by atoms with Crippen LogP contribution in [0.2, 0.25) is 0 Å². The molecule has 1 aliphatic carbocycles. The Balaban J connectivity index is 1.72. The number of amides is 2. The van der Waals surface area contributed by atoms with E-state index in [1.807, 2.05) is 0 Å². The number of carbonyl (C=O) groups excluding carboxylic acids is 2. The van der Waals surface area contributed by atoms with Crippen LogP contribution in [0.1, 0.15) is 48.0 Å². The standard InChI is InChI=1S/C17H21F3N2O2/c18-17(19,20)14-8-6-13(7-9-14)16(24)22-11-10-21-15(23)12-4-2-1-3-5-12/h6-9,12H,1-5,10-11H2,(H,21,23)(H,22,24). The molecule has 0 spiro atoms. The molecule has 24 heavy (non-hydrogen) atoms. The van der Waals surface area contributed by atoms with Crippen molar-refractivity contribution >= 4 is 11.8 Å². The molecule has 2 rings (SSSR count). The Morgan fingerprint density at radius 1 is 0.958 bits per heavy atom. The van der Waals surface area contributed by atoms with Crippen molar-refractivity contribution in [3.8, 4) is 0 Å². The smallest absolute Gasteiger partial charge is 0.354 e. The van der Waals surface area contributed by atoms with Crippen LogP contribution in [0.3, 0.4) is 0 Å². The third kappa shape index (κ3) is 5.25. The van der Waals surface area contributed by atoms with Gasteiger partial charge in [-0.05, 0) is 37.1 Å². The van der Waals surface area contributed by atoms with Crippen molar-refractivity contribution in [1.29, 1.82) is 0 Å². The van der Waals surface area contributed by atoms with Crippen molar-refractivity contribution in [2.45, 2.75) is 38.3 Å². The zero-order valence-corrected chi connectivity index (χ0v) is 13.3. The highest BCUT2D eigenvalue weighted by molar-refractivity contribution is 5.94. The van der Waals surface area contributed by atoms with E-state index in [-0.39, 0.29) is 23.9 Å². The van der Waals surface area contributed by atoms with Crippen LogP contribution in [0.25, 0.3) is 0 Å². The summed E-state index contributed by atoms with van der Waals surface area (Å²) in [6, 6.07) is 4.02. The van der Waals surface area contributed by atoms with E-state index in [4.69, 9.17) is 0 Å². The highest BCUT2D eigenvalue weighted by Gasteiger charge is 2.30. The largest absolute Gasteiger partial charge is 0.416 e. The van der Waals surface area contributed by atoms with Gasteiger partial charge in [0.05, 0.1) is 5.56 Å². The molecule has 1 fully saturated rings. The molecule has 0 atom stereocenters. The van der Waals surface area contributed by atoms with Gasteiger partial charge in [-0.2, -0.15) is 13.2 Å². The van der Waals surface area contributed by atoms with E-state index in [2.05, 4.69) is 10.6 Å². The maximum absolute atomic E-state index is 12.5. The molecule has 2 N–H and O–H groups in total. The van der Waals surface area contributed by atoms with Crippen molar-refractivity contribution in [3.05, 3.63) is 35.4 Å². The van der Waals surface area contributed by atoms with Crippen LogP contribution in [0, 0.1) is 5.92 Å². The molecule has 0 saturated heterocycles. The highest BCUT2D eigenvalue weighted by atomic mass is 19.4. The minimum absolute atomic E-state index is 0.0125. The van der Waals surface area contributed by atoms with Gasteiger partial charge in [0.1, 0.15) is 0 Å². The summed E-state index contributed by atoms with van der Waals surface area (Å²) < 4.78 is 37.4. The Morgan fingerprint density at radius 2 is 1.54 bits per heavy atom. The van der Waals surface area contributed by atoms with Gasteiger partial charge in [0.2, 0.25) is 5.91 Å². The lowest BCUT2D eigenvalue weighted by Crippen LogP contribution is -2.38. The molecule has 1 aliphatic rings. The Bertz CT molecular complexity index is 564. The predicted octanol–water partition coefficient (Wildman–Crippen LogP) is 3.13. The fourth-order valence-corrected chi connectivity index (χ4v) is 2.78. The van der Waals surface area contributed by atoms with E-state index >= 15 is 0 Å². The molecular formula is C17H21F3N2O2. The summed E-state index contributed by atoms with van der Waals surface area (Å²) in [6.07, 6.45) is 0.713. The number of halogens is 3. The molecule has 2 amide bonds. The minimum atomic E-state index is -4.42. The first kappa shape index (κ1) is 18.3. The lowest BCUT2D eigenvalue weighted by atomic mass is 9.89. The Morgan fingerprint density at radius 3 is 2.12 bits per heavy atom. The van der Waals surface area contributed by atoms with Gasteiger partial charge in [0.25, 0.3) is 5.91 Å². The third-order valence-corrected chi connectivity index (χ3v) is 4.16. The molecule has 0 radical (unpaired) electrons. The topological polar surface area (TPSA) is 58.2 Å². The van der Waals surface area contributed by atoms with Gasteiger partial charge in [-0.15, -0.1) is 0 Å². The summed E-state index contributed by atoms with van der Waals surface area (Å²) in [7, 11) is 0. The zero-order chi connectivity index (χ0) is 17.6. The predicted molar refractivity (Wildman–Crippen MR) is 83.4 cm³/mol. The number of hydrogen-bond acceptors (Lipinski definition) is 2. The van der Waals surface area contributed by atoms with Gasteiger partial charge < -0.3 is 10.6 Å². The van der Waals surface area contributed by atoms with Crippen molar-refractivity contribution < 1.29 is 22.8 Å². The molecule has 4 nitrogen and oxygen atoms in total. The third-order valence-electron chi connectivity index (χ3n) is 4.16. The first-order valence-electron chi connectivity index (χ1n) is 8.11. The van der Waals surface area contributed by atoms with Crippen molar-refractivity contribution in [1.82, 2.24) is 10.6 Å². The molecule has 0 unspecified atom stereocenters. The summed E-state index contributed by atoms with van der Waals surface area (Å²) in [5, 5.41) is 5.37. The Hall–Kier alpha value is -2.05. The molecule has 132 valence electrons. The minimum Gasteiger partial charge on any atom is -0.354 e. The van der Waals surface area contributed by atoms with Crippen LogP contribution in [0.4, 0.5) is 13.2 Å². The average molecular weight is 342 g/mol. The number of nitrogens with one attached hydrogen (secondary N) is 2. The summed E-state index contributed by atoms with van der Waals surface area (Å²) in [6.45, 7) is 0.542. The summed E-state index contributed by atoms with van der Waals surface area (Å²) in [5.41, 5.74) is -0.639. The van der Waals surface area contributed by atoms with E-state index in [9.17, 15) is 22.8 Å². The maximum atomic E-state index is 12.5. The van der Waals surface area contributed by atoms with Crippen LogP contribution in [0.15, 0.2) is 24.3 Å². The molecule has 0 bridgehead atoms. The van der Waals surface area contributed by atoms with E-state index in [0.29, 0.717) is 6.54 Å². The molecule has 1 aromatic rings. The number of benzene rings is 1. The van der Waals surface area contributed by atoms with Gasteiger partial charge in [-0.25, -0.2) is 0 Å². The first-order chi connectivity index (χ1) is 11.4. The van der Waals surface area contributed by atoms with Gasteiger partial charge in [0.15, 0.2) is 0 Å². The molecule has 0 aromatic heterocycles. The second-order valence-electron chi connectivity index (χ2n) is 5.96. The summed E-state index contributed by atoms with van der Waals surface area (Å²) in [4.78, 5) is 23.8. The Kier molecular flexibility index (Phi) is 6.23. The van der Waals surface area contributed by atoms with Crippen molar-refractivity contribution in [2.24, 2.45) is 5.92 Å². The fourth-order valence-electron chi connectivity index (χ4n) is 2.78. The lowest BCUT2D eigenvalue weighted by molar-refractivity contribution is -0.137. The molecule has 0 heterocycles. The molecule has 7 heteroatoms. The first-order valence-corrected chi connectivity index (χ1v) is 8.11. The Labute approximate surface area is 138 Å². The average Bonchev–Trinajstić information content (AvgIpc) is 2.58. The molecule has 0 aliphatic heterocycles. The summed E-state index contributed by atoms with van der Waals surface area (Å²) >= 11 is 0. The normalized spacial score (nSPS) is 15.8. The van der Waals surface area contributed by atoms with Crippen LogP contribution in [0.5, 0.6) is 0 Å². The lowest BCUT2D eigenvalue weighted by Gasteiger charge is -2.20. The van der Waals surface area contributed by atoms with Crippen molar-refractivity contribution in [3.63, 3.8) is 0 Å². The number of carbonyl (C=O) groups is 2. The second-order valence-corrected chi connectivity index (χ2v) is 5.96. The SMILES string of the molecule is O=C(NCCNC(=O)C1CCCCC1)c1ccc(C(F)(F)F)cc1. The monoisotopic (exact) mass is 342 g/mol. The van der Waals surface area contributed by atoms with Crippen LogP contribution < -0.4 is 10.6 Å². The quantitative estimate of drug-likeness (QED) is 0.808. The zero-order valence-electron chi connectivity index (χ0n) is 13.3. The number of hydrogen-bond donors (Lipinski definition) is 2. The van der Waals surface area contributed by atoms with E-state index in [1.165, 1.54) is 6.42 Å². The molecular weight excluding hydrogens is 321 g/mol. The summed E-state index contributed by atoms with van der Waals surface area (Å²) in [5.74, 6) is -0.390. The highest BCUT2D eigenvalue weighted by Crippen LogP contribution is 2.29. The van der Waals surface area contributed by atoms with Gasteiger partial charge in [-0.1, -0.05) is 19.3 Å². The maximum Gasteiger partial charge on any atom is 0.416 e. The van der Waals surface area contributed by atoms with Crippen LogP contribution >= 0.6 is 0 Å². The number of alkyl halides is 3. The van der Waals surface area contributed by atoms with E-state index in [0.717, 1.165) is 49.9 Å². The van der Waals surface area contributed by atoms with Crippen LogP contribution in [-0.2, 0) is 11.0 Å². The number of rotatable bonds is 5.